The zero-order valence-corrected chi connectivity index (χ0v) is 15.8. The molecule has 3 aromatic rings. The van der Waals surface area contributed by atoms with Crippen molar-refractivity contribution in [2.45, 2.75) is 27.4 Å². The molecule has 0 bridgehead atoms. The van der Waals surface area contributed by atoms with Gasteiger partial charge in [0.05, 0.1) is 5.56 Å². The maximum absolute atomic E-state index is 12.8. The monoisotopic (exact) mass is 358 g/mol. The Morgan fingerprint density at radius 1 is 0.778 bits per heavy atom. The first-order valence-corrected chi connectivity index (χ1v) is 8.89. The summed E-state index contributed by atoms with van der Waals surface area (Å²) < 4.78 is 5.50. The van der Waals surface area contributed by atoms with E-state index in [1.165, 1.54) is 0 Å². The number of ether oxygens (including phenoxy) is 1. The van der Waals surface area contributed by atoms with Crippen molar-refractivity contribution in [3.8, 4) is 0 Å². The van der Waals surface area contributed by atoms with Crippen LogP contribution in [-0.4, -0.2) is 11.8 Å². The van der Waals surface area contributed by atoms with E-state index in [0.717, 1.165) is 22.3 Å². The molecule has 0 spiro atoms. The normalized spacial score (nSPS) is 10.5. The van der Waals surface area contributed by atoms with Crippen molar-refractivity contribution in [1.82, 2.24) is 0 Å². The van der Waals surface area contributed by atoms with Gasteiger partial charge < -0.3 is 4.74 Å². The first-order valence-electron chi connectivity index (χ1n) is 8.89. The predicted octanol–water partition coefficient (Wildman–Crippen LogP) is 5.20. The number of carbonyl (C=O) groups is 2. The summed E-state index contributed by atoms with van der Waals surface area (Å²) >= 11 is 0. The highest BCUT2D eigenvalue weighted by molar-refractivity contribution is 6.14. The van der Waals surface area contributed by atoms with Gasteiger partial charge in [-0.25, -0.2) is 4.79 Å². The van der Waals surface area contributed by atoms with Crippen LogP contribution >= 0.6 is 0 Å². The highest BCUT2D eigenvalue weighted by atomic mass is 16.5. The average Bonchev–Trinajstić information content (AvgIpc) is 2.68. The Morgan fingerprint density at radius 2 is 1.41 bits per heavy atom. The minimum atomic E-state index is -0.494. The fraction of sp³-hybridized carbons (Fsp3) is 0.167. The second-order valence-corrected chi connectivity index (χ2v) is 6.75. The van der Waals surface area contributed by atoms with E-state index in [-0.39, 0.29) is 18.0 Å². The van der Waals surface area contributed by atoms with Gasteiger partial charge >= 0.3 is 5.97 Å². The van der Waals surface area contributed by atoms with Crippen molar-refractivity contribution in [2.75, 3.05) is 0 Å². The SMILES string of the molecule is Cc1ccc(C(=O)c2ccccc2C(=O)OCc2cc(C)ccc2C)cc1. The van der Waals surface area contributed by atoms with Crippen LogP contribution in [0.5, 0.6) is 0 Å². The van der Waals surface area contributed by atoms with Gasteiger partial charge in [-0.15, -0.1) is 0 Å². The van der Waals surface area contributed by atoms with Crippen molar-refractivity contribution in [3.63, 3.8) is 0 Å². The van der Waals surface area contributed by atoms with Gasteiger partial charge in [0.1, 0.15) is 6.61 Å². The number of hydrogen-bond donors (Lipinski definition) is 0. The molecule has 0 aromatic heterocycles. The molecule has 0 unspecified atom stereocenters. The molecule has 0 amide bonds. The van der Waals surface area contributed by atoms with Crippen LogP contribution in [0.1, 0.15) is 48.5 Å². The van der Waals surface area contributed by atoms with Crippen LogP contribution in [0.2, 0.25) is 0 Å². The Hall–Kier alpha value is -3.20. The summed E-state index contributed by atoms with van der Waals surface area (Å²) in [5, 5.41) is 0. The largest absolute Gasteiger partial charge is 0.457 e. The molecular formula is C24H22O3. The average molecular weight is 358 g/mol. The van der Waals surface area contributed by atoms with E-state index in [9.17, 15) is 9.59 Å². The van der Waals surface area contributed by atoms with E-state index >= 15 is 0 Å². The zero-order valence-electron chi connectivity index (χ0n) is 15.8. The van der Waals surface area contributed by atoms with Gasteiger partial charge in [0, 0.05) is 11.1 Å². The molecule has 3 heteroatoms. The molecule has 0 radical (unpaired) electrons. The van der Waals surface area contributed by atoms with Gasteiger partial charge in [-0.2, -0.15) is 0 Å². The lowest BCUT2D eigenvalue weighted by Crippen LogP contribution is -2.13. The fourth-order valence-electron chi connectivity index (χ4n) is 2.90. The van der Waals surface area contributed by atoms with Crippen molar-refractivity contribution in [1.29, 1.82) is 0 Å². The summed E-state index contributed by atoms with van der Waals surface area (Å²) in [5.74, 6) is -0.679. The number of carbonyl (C=O) groups excluding carboxylic acids is 2. The number of benzene rings is 3. The van der Waals surface area contributed by atoms with Gasteiger partial charge in [0.25, 0.3) is 0 Å². The van der Waals surface area contributed by atoms with E-state index in [4.69, 9.17) is 4.74 Å². The molecule has 3 rings (SSSR count). The lowest BCUT2D eigenvalue weighted by molar-refractivity contribution is 0.0469. The Balaban J connectivity index is 1.82. The van der Waals surface area contributed by atoms with Gasteiger partial charge in [-0.3, -0.25) is 4.79 Å². The molecule has 0 aliphatic heterocycles. The van der Waals surface area contributed by atoms with E-state index in [2.05, 4.69) is 0 Å². The molecule has 3 aromatic carbocycles. The molecular weight excluding hydrogens is 336 g/mol. The van der Waals surface area contributed by atoms with Crippen molar-refractivity contribution < 1.29 is 14.3 Å². The van der Waals surface area contributed by atoms with Crippen molar-refractivity contribution in [2.24, 2.45) is 0 Å². The van der Waals surface area contributed by atoms with Crippen molar-refractivity contribution in [3.05, 3.63) is 106 Å². The minimum Gasteiger partial charge on any atom is -0.457 e. The van der Waals surface area contributed by atoms with Gasteiger partial charge in [0.2, 0.25) is 0 Å². The molecule has 0 atom stereocenters. The molecule has 0 fully saturated rings. The molecule has 136 valence electrons. The summed E-state index contributed by atoms with van der Waals surface area (Å²) in [6.07, 6.45) is 0. The quantitative estimate of drug-likeness (QED) is 0.465. The highest BCUT2D eigenvalue weighted by Crippen LogP contribution is 2.18. The molecule has 0 aliphatic rings. The summed E-state index contributed by atoms with van der Waals surface area (Å²) in [7, 11) is 0. The maximum Gasteiger partial charge on any atom is 0.339 e. The second kappa shape index (κ2) is 8.00. The number of hydrogen-bond acceptors (Lipinski definition) is 3. The maximum atomic E-state index is 12.8. The number of esters is 1. The van der Waals surface area contributed by atoms with Crippen LogP contribution in [0.3, 0.4) is 0 Å². The van der Waals surface area contributed by atoms with Crippen LogP contribution in [-0.2, 0) is 11.3 Å². The molecule has 0 N–H and O–H groups in total. The van der Waals surface area contributed by atoms with E-state index in [0.29, 0.717) is 11.1 Å². The number of aryl methyl sites for hydroxylation is 3. The Bertz CT molecular complexity index is 985. The predicted molar refractivity (Wildman–Crippen MR) is 106 cm³/mol. The van der Waals surface area contributed by atoms with Gasteiger partial charge in [-0.1, -0.05) is 71.8 Å². The summed E-state index contributed by atoms with van der Waals surface area (Å²) in [6, 6.07) is 20.1. The van der Waals surface area contributed by atoms with Crippen LogP contribution < -0.4 is 0 Å². The molecule has 27 heavy (non-hydrogen) atoms. The molecule has 0 heterocycles. The van der Waals surface area contributed by atoms with Gasteiger partial charge in [-0.05, 0) is 38.0 Å². The lowest BCUT2D eigenvalue weighted by Gasteiger charge is -2.11. The van der Waals surface area contributed by atoms with E-state index < -0.39 is 5.97 Å². The van der Waals surface area contributed by atoms with Crippen LogP contribution in [0.25, 0.3) is 0 Å². The lowest BCUT2D eigenvalue weighted by atomic mass is 9.98. The molecule has 3 nitrogen and oxygen atoms in total. The summed E-state index contributed by atoms with van der Waals surface area (Å²) in [4.78, 5) is 25.5. The highest BCUT2D eigenvalue weighted by Gasteiger charge is 2.19. The third-order valence-corrected chi connectivity index (χ3v) is 4.57. The molecule has 0 saturated carbocycles. The standard InChI is InChI=1S/C24H22O3/c1-16-9-12-19(13-10-16)23(25)21-6-4-5-7-22(21)24(26)27-15-20-14-17(2)8-11-18(20)3/h4-14H,15H2,1-3H3. The van der Waals surface area contributed by atoms with Crippen LogP contribution in [0.15, 0.2) is 66.7 Å². The first kappa shape index (κ1) is 18.6. The van der Waals surface area contributed by atoms with Crippen LogP contribution in [0.4, 0.5) is 0 Å². The van der Waals surface area contributed by atoms with Crippen molar-refractivity contribution >= 4 is 11.8 Å². The summed E-state index contributed by atoms with van der Waals surface area (Å²) in [6.45, 7) is 6.13. The van der Waals surface area contributed by atoms with E-state index in [1.54, 1.807) is 36.4 Å². The minimum absolute atomic E-state index is 0.180. The van der Waals surface area contributed by atoms with Crippen LogP contribution in [0, 0.1) is 20.8 Å². The molecule has 0 aliphatic carbocycles. The van der Waals surface area contributed by atoms with Gasteiger partial charge in [0.15, 0.2) is 5.78 Å². The smallest absolute Gasteiger partial charge is 0.339 e. The summed E-state index contributed by atoms with van der Waals surface area (Å²) in [5.41, 5.74) is 5.41. The Kier molecular flexibility index (Phi) is 5.51. The topological polar surface area (TPSA) is 43.4 Å². The Labute approximate surface area is 159 Å². The third kappa shape index (κ3) is 4.32. The molecule has 0 saturated heterocycles. The Morgan fingerprint density at radius 3 is 2.11 bits per heavy atom. The zero-order chi connectivity index (χ0) is 19.4. The first-order chi connectivity index (χ1) is 13.0. The fourth-order valence-corrected chi connectivity index (χ4v) is 2.90. The second-order valence-electron chi connectivity index (χ2n) is 6.75. The number of rotatable bonds is 5. The van der Waals surface area contributed by atoms with E-state index in [1.807, 2.05) is 51.1 Å². The third-order valence-electron chi connectivity index (χ3n) is 4.57. The number of ketones is 1.